The number of aromatic nitrogens is 2. The number of rotatable bonds is 6. The van der Waals surface area contributed by atoms with Crippen molar-refractivity contribution < 1.29 is 14.3 Å². The van der Waals surface area contributed by atoms with Crippen molar-refractivity contribution in [2.75, 3.05) is 12.4 Å². The molecule has 0 radical (unpaired) electrons. The molecule has 0 bridgehead atoms. The second-order valence-corrected chi connectivity index (χ2v) is 8.29. The van der Waals surface area contributed by atoms with Crippen LogP contribution in [0.25, 0.3) is 11.7 Å². The lowest BCUT2D eigenvalue weighted by molar-refractivity contribution is -0.112. The topological polar surface area (TPSA) is 106 Å². The van der Waals surface area contributed by atoms with Crippen LogP contribution in [0.2, 0.25) is 5.02 Å². The van der Waals surface area contributed by atoms with E-state index < -0.39 is 11.5 Å². The second kappa shape index (κ2) is 10.3. The van der Waals surface area contributed by atoms with Crippen LogP contribution in [-0.2, 0) is 4.79 Å². The third kappa shape index (κ3) is 5.06. The Balaban J connectivity index is 1.80. The van der Waals surface area contributed by atoms with Gasteiger partial charge in [0.15, 0.2) is 0 Å². The molecule has 1 amide bonds. The molecule has 0 saturated carbocycles. The first kappa shape index (κ1) is 24.5. The first-order valence-electron chi connectivity index (χ1n) is 10.8. The van der Waals surface area contributed by atoms with Crippen LogP contribution >= 0.6 is 11.6 Å². The highest BCUT2D eigenvalue weighted by molar-refractivity contribution is 6.31. The van der Waals surface area contributed by atoms with E-state index in [0.29, 0.717) is 27.9 Å². The number of ether oxygens (including phenoxy) is 2. The smallest absolute Gasteiger partial charge is 0.269 e. The number of carbonyl (C=O) groups is 1. The van der Waals surface area contributed by atoms with Crippen molar-refractivity contribution >= 4 is 34.9 Å². The normalized spacial score (nSPS) is 11.1. The average molecular weight is 501 g/mol. The van der Waals surface area contributed by atoms with Crippen molar-refractivity contribution in [1.29, 1.82) is 5.26 Å². The van der Waals surface area contributed by atoms with Crippen molar-refractivity contribution in [1.82, 2.24) is 9.38 Å². The third-order valence-electron chi connectivity index (χ3n) is 5.39. The summed E-state index contributed by atoms with van der Waals surface area (Å²) < 4.78 is 12.4. The van der Waals surface area contributed by atoms with Gasteiger partial charge in [0.25, 0.3) is 11.5 Å². The fourth-order valence-corrected chi connectivity index (χ4v) is 3.57. The number of nitriles is 1. The van der Waals surface area contributed by atoms with Crippen molar-refractivity contribution in [2.24, 2.45) is 0 Å². The summed E-state index contributed by atoms with van der Waals surface area (Å²) in [6.45, 7) is 3.64. The average Bonchev–Trinajstić information content (AvgIpc) is 2.87. The van der Waals surface area contributed by atoms with Crippen molar-refractivity contribution in [3.63, 3.8) is 0 Å². The monoisotopic (exact) mass is 500 g/mol. The Bertz CT molecular complexity index is 1600. The third-order valence-corrected chi connectivity index (χ3v) is 5.82. The molecule has 1 N–H and O–H groups in total. The molecule has 180 valence electrons. The maximum absolute atomic E-state index is 13.4. The van der Waals surface area contributed by atoms with Crippen LogP contribution < -0.4 is 20.3 Å². The number of anilines is 1. The number of fused-ring (bicyclic) bond motifs is 1. The number of amides is 1. The number of aryl methyl sites for hydroxylation is 2. The van der Waals surface area contributed by atoms with Crippen LogP contribution in [0.1, 0.15) is 16.7 Å². The summed E-state index contributed by atoms with van der Waals surface area (Å²) in [5, 5.41) is 12.9. The van der Waals surface area contributed by atoms with Crippen LogP contribution in [0.4, 0.5) is 5.69 Å². The molecule has 2 aromatic carbocycles. The largest absolute Gasteiger partial charge is 0.497 e. The molecule has 2 heterocycles. The highest BCUT2D eigenvalue weighted by Crippen LogP contribution is 2.28. The molecule has 0 spiro atoms. The highest BCUT2D eigenvalue weighted by atomic mass is 35.5. The van der Waals surface area contributed by atoms with Crippen LogP contribution in [-0.4, -0.2) is 22.4 Å². The van der Waals surface area contributed by atoms with Crippen LogP contribution in [0.15, 0.2) is 71.2 Å². The molecule has 8 nitrogen and oxygen atoms in total. The molecule has 0 aliphatic heterocycles. The zero-order valence-corrected chi connectivity index (χ0v) is 20.5. The number of methoxy groups -OCH3 is 1. The minimum atomic E-state index is -0.690. The zero-order valence-electron chi connectivity index (χ0n) is 19.7. The number of hydrogen-bond donors (Lipinski definition) is 1. The number of halogens is 1. The first-order valence-corrected chi connectivity index (χ1v) is 11.2. The van der Waals surface area contributed by atoms with E-state index in [-0.39, 0.29) is 17.0 Å². The molecule has 2 aromatic heterocycles. The Morgan fingerprint density at radius 2 is 1.83 bits per heavy atom. The van der Waals surface area contributed by atoms with Crippen LogP contribution in [0, 0.1) is 25.2 Å². The fourth-order valence-electron chi connectivity index (χ4n) is 3.45. The Morgan fingerprint density at radius 1 is 1.11 bits per heavy atom. The summed E-state index contributed by atoms with van der Waals surface area (Å²) in [5.74, 6) is 0.289. The minimum absolute atomic E-state index is 0.0407. The number of carbonyl (C=O) groups excluding carboxylic acids is 1. The maximum atomic E-state index is 13.4. The molecule has 36 heavy (non-hydrogen) atoms. The van der Waals surface area contributed by atoms with E-state index in [1.807, 2.05) is 26.0 Å². The van der Waals surface area contributed by atoms with Gasteiger partial charge in [-0.15, -0.1) is 0 Å². The van der Waals surface area contributed by atoms with Gasteiger partial charge in [0, 0.05) is 16.9 Å². The van der Waals surface area contributed by atoms with Gasteiger partial charge >= 0.3 is 0 Å². The number of benzene rings is 2. The molecule has 0 atom stereocenters. The SMILES string of the molecule is COc1ccc(NC(=O)C(C#N)=Cc2c(Oc3ccc(Cl)c(C)c3)nc3c(C)cccn3c2=O)cc1. The van der Waals surface area contributed by atoms with E-state index in [1.165, 1.54) is 17.6 Å². The van der Waals surface area contributed by atoms with E-state index in [0.717, 1.165) is 11.1 Å². The lowest BCUT2D eigenvalue weighted by atomic mass is 10.1. The molecule has 4 rings (SSSR count). The predicted octanol–water partition coefficient (Wildman–Crippen LogP) is 5.31. The van der Waals surface area contributed by atoms with Crippen molar-refractivity contribution in [2.45, 2.75) is 13.8 Å². The van der Waals surface area contributed by atoms with Gasteiger partial charge in [-0.3, -0.25) is 14.0 Å². The number of nitrogens with zero attached hydrogens (tertiary/aromatic N) is 3. The Labute approximate surface area is 212 Å². The van der Waals surface area contributed by atoms with Gasteiger partial charge in [0.1, 0.15) is 34.4 Å². The summed E-state index contributed by atoms with van der Waals surface area (Å²) in [5.41, 5.74) is 1.54. The standard InChI is InChI=1S/C27H21ClN4O4/c1-16-5-4-12-32-24(16)31-26(36-21-10-11-23(28)17(2)13-21)22(27(32)34)14-18(15-29)25(33)30-19-6-8-20(35-3)9-7-19/h4-14H,1-3H3,(H,30,33). The molecule has 0 unspecified atom stereocenters. The lowest BCUT2D eigenvalue weighted by Gasteiger charge is -2.12. The quantitative estimate of drug-likeness (QED) is 0.284. The van der Waals surface area contributed by atoms with Gasteiger partial charge in [0.05, 0.1) is 7.11 Å². The molecule has 4 aromatic rings. The number of hydrogen-bond acceptors (Lipinski definition) is 6. The van der Waals surface area contributed by atoms with Gasteiger partial charge in [-0.1, -0.05) is 17.7 Å². The summed E-state index contributed by atoms with van der Waals surface area (Å²) in [6, 6.07) is 17.0. The molecule has 9 heteroatoms. The second-order valence-electron chi connectivity index (χ2n) is 7.89. The van der Waals surface area contributed by atoms with Crippen molar-refractivity contribution in [3.05, 3.63) is 98.4 Å². The Morgan fingerprint density at radius 3 is 2.50 bits per heavy atom. The predicted molar refractivity (Wildman–Crippen MR) is 138 cm³/mol. The summed E-state index contributed by atoms with van der Waals surface area (Å²) in [6.07, 6.45) is 2.75. The minimum Gasteiger partial charge on any atom is -0.497 e. The summed E-state index contributed by atoms with van der Waals surface area (Å²) in [4.78, 5) is 30.8. The van der Waals surface area contributed by atoms with Gasteiger partial charge in [-0.25, -0.2) is 0 Å². The van der Waals surface area contributed by atoms with E-state index in [2.05, 4.69) is 10.3 Å². The lowest BCUT2D eigenvalue weighted by Crippen LogP contribution is -2.20. The van der Waals surface area contributed by atoms with E-state index >= 15 is 0 Å². The van der Waals surface area contributed by atoms with Gasteiger partial charge < -0.3 is 14.8 Å². The molecule has 0 saturated heterocycles. The fraction of sp³-hybridized carbons (Fsp3) is 0.111. The van der Waals surface area contributed by atoms with Gasteiger partial charge in [-0.05, 0) is 79.6 Å². The van der Waals surface area contributed by atoms with Crippen LogP contribution in [0.3, 0.4) is 0 Å². The number of pyridine rings is 1. The van der Waals surface area contributed by atoms with E-state index in [9.17, 15) is 14.9 Å². The van der Waals surface area contributed by atoms with E-state index in [4.69, 9.17) is 21.1 Å². The first-order chi connectivity index (χ1) is 17.3. The summed E-state index contributed by atoms with van der Waals surface area (Å²) in [7, 11) is 1.53. The molecule has 0 aliphatic rings. The van der Waals surface area contributed by atoms with E-state index in [1.54, 1.807) is 54.7 Å². The zero-order chi connectivity index (χ0) is 25.8. The maximum Gasteiger partial charge on any atom is 0.269 e. The van der Waals surface area contributed by atoms with Gasteiger partial charge in [-0.2, -0.15) is 10.2 Å². The van der Waals surface area contributed by atoms with Crippen molar-refractivity contribution in [3.8, 4) is 23.4 Å². The number of nitrogens with one attached hydrogen (secondary N) is 1. The van der Waals surface area contributed by atoms with Crippen LogP contribution in [0.5, 0.6) is 17.4 Å². The molecular formula is C27H21ClN4O4. The molecule has 0 fully saturated rings. The highest BCUT2D eigenvalue weighted by Gasteiger charge is 2.18. The Kier molecular flexibility index (Phi) is 7.04. The summed E-state index contributed by atoms with van der Waals surface area (Å²) >= 11 is 6.12. The molecular weight excluding hydrogens is 480 g/mol. The van der Waals surface area contributed by atoms with Gasteiger partial charge in [0.2, 0.25) is 5.88 Å². The molecule has 0 aliphatic carbocycles. The Hall–Kier alpha value is -4.61.